The molecule has 1 aromatic rings. The van der Waals surface area contributed by atoms with E-state index >= 15 is 0 Å². The lowest BCUT2D eigenvalue weighted by Gasteiger charge is -2.37. The second-order valence-electron chi connectivity index (χ2n) is 3.95. The zero-order valence-corrected chi connectivity index (χ0v) is 10.1. The van der Waals surface area contributed by atoms with Gasteiger partial charge in [0.15, 0.2) is 0 Å². The molecule has 0 spiro atoms. The minimum Gasteiger partial charge on any atom is -0.381 e. The highest BCUT2D eigenvalue weighted by molar-refractivity contribution is 5.85. The average Bonchev–Trinajstić information content (AvgIpc) is 2.30. The zero-order chi connectivity index (χ0) is 10.7. The molecule has 1 aliphatic rings. The molecular weight excluding hydrogens is 229 g/mol. The zero-order valence-electron chi connectivity index (χ0n) is 9.33. The van der Waals surface area contributed by atoms with Gasteiger partial charge in [-0.05, 0) is 37.6 Å². The molecule has 0 saturated carbocycles. The number of hydrogen-bond donors (Lipinski definition) is 1. The van der Waals surface area contributed by atoms with Crippen LogP contribution in [0.1, 0.15) is 18.4 Å². The van der Waals surface area contributed by atoms with Crippen molar-refractivity contribution in [2.75, 3.05) is 20.3 Å². The SMILES string of the molecule is CNC1(c2cccc(F)c2)CCOCC1.Cl. The Morgan fingerprint density at radius 2 is 2.00 bits per heavy atom. The van der Waals surface area contributed by atoms with Gasteiger partial charge < -0.3 is 10.1 Å². The fourth-order valence-corrected chi connectivity index (χ4v) is 2.19. The molecule has 0 unspecified atom stereocenters. The third kappa shape index (κ3) is 2.54. The van der Waals surface area contributed by atoms with Gasteiger partial charge in [0.2, 0.25) is 0 Å². The third-order valence-electron chi connectivity index (χ3n) is 3.20. The topological polar surface area (TPSA) is 21.3 Å². The summed E-state index contributed by atoms with van der Waals surface area (Å²) in [7, 11) is 1.93. The van der Waals surface area contributed by atoms with Gasteiger partial charge in [0.1, 0.15) is 5.82 Å². The first-order chi connectivity index (χ1) is 7.27. The maximum Gasteiger partial charge on any atom is 0.123 e. The second kappa shape index (κ2) is 5.62. The monoisotopic (exact) mass is 245 g/mol. The van der Waals surface area contributed by atoms with Gasteiger partial charge in [-0.25, -0.2) is 4.39 Å². The van der Waals surface area contributed by atoms with Crippen molar-refractivity contribution in [2.45, 2.75) is 18.4 Å². The quantitative estimate of drug-likeness (QED) is 0.864. The molecule has 4 heteroatoms. The lowest BCUT2D eigenvalue weighted by atomic mass is 9.83. The summed E-state index contributed by atoms with van der Waals surface area (Å²) in [5.41, 5.74) is 0.911. The molecule has 90 valence electrons. The van der Waals surface area contributed by atoms with Crippen LogP contribution < -0.4 is 5.32 Å². The number of nitrogens with one attached hydrogen (secondary N) is 1. The lowest BCUT2D eigenvalue weighted by Crippen LogP contribution is -2.44. The summed E-state index contributed by atoms with van der Waals surface area (Å²) < 4.78 is 18.5. The van der Waals surface area contributed by atoms with Crippen LogP contribution in [-0.4, -0.2) is 20.3 Å². The van der Waals surface area contributed by atoms with E-state index in [1.54, 1.807) is 12.1 Å². The van der Waals surface area contributed by atoms with Crippen molar-refractivity contribution in [3.05, 3.63) is 35.6 Å². The Kier molecular flexibility index (Phi) is 4.71. The van der Waals surface area contributed by atoms with Gasteiger partial charge >= 0.3 is 0 Å². The van der Waals surface area contributed by atoms with Gasteiger partial charge in [0.05, 0.1) is 0 Å². The Hall–Kier alpha value is -0.640. The number of ether oxygens (including phenoxy) is 1. The van der Waals surface area contributed by atoms with Crippen LogP contribution in [0.15, 0.2) is 24.3 Å². The number of benzene rings is 1. The molecule has 1 aliphatic heterocycles. The van der Waals surface area contributed by atoms with Crippen LogP contribution in [-0.2, 0) is 10.3 Å². The summed E-state index contributed by atoms with van der Waals surface area (Å²) in [6, 6.07) is 6.83. The van der Waals surface area contributed by atoms with Crippen molar-refractivity contribution in [3.63, 3.8) is 0 Å². The molecule has 16 heavy (non-hydrogen) atoms. The fourth-order valence-electron chi connectivity index (χ4n) is 2.19. The van der Waals surface area contributed by atoms with E-state index < -0.39 is 0 Å². The summed E-state index contributed by atoms with van der Waals surface area (Å²) in [6.07, 6.45) is 1.79. The Bertz CT molecular complexity index is 340. The molecule has 0 amide bonds. The Balaban J connectivity index is 0.00000128. The summed E-state index contributed by atoms with van der Waals surface area (Å²) in [6.45, 7) is 1.47. The van der Waals surface area contributed by atoms with E-state index in [0.29, 0.717) is 0 Å². The molecule has 0 radical (unpaired) electrons. The number of hydrogen-bond acceptors (Lipinski definition) is 2. The summed E-state index contributed by atoms with van der Waals surface area (Å²) in [4.78, 5) is 0. The van der Waals surface area contributed by atoms with Gasteiger partial charge in [-0.1, -0.05) is 12.1 Å². The summed E-state index contributed by atoms with van der Waals surface area (Å²) in [5.74, 6) is -0.173. The highest BCUT2D eigenvalue weighted by Gasteiger charge is 2.32. The van der Waals surface area contributed by atoms with Crippen LogP contribution in [0.5, 0.6) is 0 Å². The van der Waals surface area contributed by atoms with E-state index in [0.717, 1.165) is 31.6 Å². The largest absolute Gasteiger partial charge is 0.381 e. The Labute approximate surface area is 102 Å². The van der Waals surface area contributed by atoms with Crippen LogP contribution >= 0.6 is 12.4 Å². The highest BCUT2D eigenvalue weighted by Crippen LogP contribution is 2.31. The van der Waals surface area contributed by atoms with Crippen LogP contribution in [0.3, 0.4) is 0 Å². The fraction of sp³-hybridized carbons (Fsp3) is 0.500. The first-order valence-corrected chi connectivity index (χ1v) is 5.29. The van der Waals surface area contributed by atoms with Crippen molar-refractivity contribution >= 4 is 12.4 Å². The molecule has 2 nitrogen and oxygen atoms in total. The molecule has 0 aliphatic carbocycles. The predicted octanol–water partition coefficient (Wildman–Crippen LogP) is 2.47. The standard InChI is InChI=1S/C12H16FNO.ClH/c1-14-12(5-7-15-8-6-12)10-3-2-4-11(13)9-10;/h2-4,9,14H,5-8H2,1H3;1H. The van der Waals surface area contributed by atoms with Crippen molar-refractivity contribution in [1.29, 1.82) is 0 Å². The molecule has 1 saturated heterocycles. The molecule has 0 aromatic heterocycles. The van der Waals surface area contributed by atoms with Crippen molar-refractivity contribution < 1.29 is 9.13 Å². The smallest absolute Gasteiger partial charge is 0.123 e. The highest BCUT2D eigenvalue weighted by atomic mass is 35.5. The predicted molar refractivity (Wildman–Crippen MR) is 64.4 cm³/mol. The normalized spacial score (nSPS) is 18.9. The molecular formula is C12H17ClFNO. The maximum atomic E-state index is 13.2. The first kappa shape index (κ1) is 13.4. The summed E-state index contributed by atoms with van der Waals surface area (Å²) >= 11 is 0. The van der Waals surface area contributed by atoms with Gasteiger partial charge in [-0.2, -0.15) is 0 Å². The molecule has 1 heterocycles. The summed E-state index contributed by atoms with van der Waals surface area (Å²) in [5, 5.41) is 3.31. The van der Waals surface area contributed by atoms with E-state index in [2.05, 4.69) is 5.32 Å². The molecule has 2 rings (SSSR count). The molecule has 0 atom stereocenters. The van der Waals surface area contributed by atoms with E-state index in [4.69, 9.17) is 4.74 Å². The van der Waals surface area contributed by atoms with E-state index in [1.165, 1.54) is 6.07 Å². The minimum atomic E-state index is -0.173. The van der Waals surface area contributed by atoms with Crippen molar-refractivity contribution in [2.24, 2.45) is 0 Å². The van der Waals surface area contributed by atoms with Crippen molar-refractivity contribution in [1.82, 2.24) is 5.32 Å². The van der Waals surface area contributed by atoms with Gasteiger partial charge in [-0.3, -0.25) is 0 Å². The number of rotatable bonds is 2. The van der Waals surface area contributed by atoms with E-state index in [-0.39, 0.29) is 23.8 Å². The van der Waals surface area contributed by atoms with Crippen LogP contribution in [0.4, 0.5) is 4.39 Å². The average molecular weight is 246 g/mol. The van der Waals surface area contributed by atoms with Crippen LogP contribution in [0, 0.1) is 5.82 Å². The number of halogens is 2. The van der Waals surface area contributed by atoms with Gasteiger partial charge in [0, 0.05) is 18.8 Å². The Morgan fingerprint density at radius 3 is 2.56 bits per heavy atom. The molecule has 1 fully saturated rings. The van der Waals surface area contributed by atoms with Crippen LogP contribution in [0.2, 0.25) is 0 Å². The minimum absolute atomic E-state index is 0. The first-order valence-electron chi connectivity index (χ1n) is 5.29. The lowest BCUT2D eigenvalue weighted by molar-refractivity contribution is 0.0397. The third-order valence-corrected chi connectivity index (χ3v) is 3.20. The van der Waals surface area contributed by atoms with Gasteiger partial charge in [0.25, 0.3) is 0 Å². The molecule has 0 bridgehead atoms. The maximum absolute atomic E-state index is 13.2. The van der Waals surface area contributed by atoms with Gasteiger partial charge in [-0.15, -0.1) is 12.4 Å². The van der Waals surface area contributed by atoms with Crippen molar-refractivity contribution in [3.8, 4) is 0 Å². The Morgan fingerprint density at radius 1 is 1.31 bits per heavy atom. The van der Waals surface area contributed by atoms with Crippen LogP contribution in [0.25, 0.3) is 0 Å². The van der Waals surface area contributed by atoms with E-state index in [9.17, 15) is 4.39 Å². The second-order valence-corrected chi connectivity index (χ2v) is 3.95. The molecule has 1 aromatic carbocycles. The van der Waals surface area contributed by atoms with E-state index in [1.807, 2.05) is 13.1 Å². The molecule has 1 N–H and O–H groups in total.